The standard InChI is InChI=1S/C34H45N3O10S2/c1-21(2)20-47-33(41)35-25-18-28(48-30(25)31(38)39)24-17-29-26(19-27(24)46-16-15-45-4)37(23-13-9-6-10-14-23)32(40)34(42,36(3)49(29,43)44)22-11-7-5-8-12-22/h6,9-10,13-14,17-19,21-22,32,40,42-44H,5,7-8,11-12,15-16,20H2,1-4H3,(H,35,41)(H,38,39). The maximum Gasteiger partial charge on any atom is 0.411 e. The number of aromatic carboxylic acids is 1. The van der Waals surface area contributed by atoms with E-state index in [0.29, 0.717) is 29.0 Å². The number of para-hydroxylation sites is 1. The Labute approximate surface area is 291 Å². The summed E-state index contributed by atoms with van der Waals surface area (Å²) in [5, 5.41) is 37.3. The van der Waals surface area contributed by atoms with E-state index in [2.05, 4.69) is 5.32 Å². The van der Waals surface area contributed by atoms with E-state index in [0.717, 1.165) is 34.9 Å². The number of carbonyl (C=O) groups is 2. The van der Waals surface area contributed by atoms with Gasteiger partial charge >= 0.3 is 12.1 Å². The van der Waals surface area contributed by atoms with Gasteiger partial charge in [-0.2, -0.15) is 4.31 Å². The van der Waals surface area contributed by atoms with Crippen LogP contribution in [-0.2, 0) is 9.47 Å². The van der Waals surface area contributed by atoms with E-state index >= 15 is 0 Å². The van der Waals surface area contributed by atoms with Crippen molar-refractivity contribution in [1.29, 1.82) is 0 Å². The summed E-state index contributed by atoms with van der Waals surface area (Å²) >= 11 is 0.856. The molecule has 3 aromatic rings. The number of amides is 1. The maximum atomic E-state index is 12.5. The molecular weight excluding hydrogens is 675 g/mol. The molecule has 2 unspecified atom stereocenters. The quantitative estimate of drug-likeness (QED) is 0.111. The number of aliphatic hydroxyl groups is 2. The van der Waals surface area contributed by atoms with Crippen LogP contribution in [0.1, 0.15) is 55.6 Å². The Balaban J connectivity index is 1.72. The molecule has 2 atom stereocenters. The second-order valence-corrected chi connectivity index (χ2v) is 15.7. The minimum atomic E-state index is -4.01. The third kappa shape index (κ3) is 7.39. The molecule has 49 heavy (non-hydrogen) atoms. The number of rotatable bonds is 11. The molecule has 1 aliphatic carbocycles. The summed E-state index contributed by atoms with van der Waals surface area (Å²) in [6.45, 7) is 4.17. The number of nitrogens with one attached hydrogen (secondary N) is 1. The highest BCUT2D eigenvalue weighted by Crippen LogP contribution is 2.64. The Morgan fingerprint density at radius 1 is 1.08 bits per heavy atom. The van der Waals surface area contributed by atoms with E-state index in [1.807, 2.05) is 19.9 Å². The van der Waals surface area contributed by atoms with Gasteiger partial charge in [0.15, 0.2) is 12.0 Å². The fraction of sp³-hybridized carbons (Fsp3) is 0.471. The predicted molar refractivity (Wildman–Crippen MR) is 189 cm³/mol. The van der Waals surface area contributed by atoms with Gasteiger partial charge < -0.3 is 34.4 Å². The highest BCUT2D eigenvalue weighted by Gasteiger charge is 2.57. The molecule has 0 radical (unpaired) electrons. The molecule has 268 valence electrons. The molecule has 5 rings (SSSR count). The second kappa shape index (κ2) is 15.2. The highest BCUT2D eigenvalue weighted by molar-refractivity contribution is 8.22. The lowest BCUT2D eigenvalue weighted by atomic mass is 9.80. The minimum Gasteiger partial charge on any atom is -0.490 e. The van der Waals surface area contributed by atoms with E-state index < -0.39 is 40.7 Å². The molecule has 1 amide bonds. The van der Waals surface area contributed by atoms with Gasteiger partial charge in [-0.1, -0.05) is 51.3 Å². The van der Waals surface area contributed by atoms with Crippen molar-refractivity contribution in [3.8, 4) is 16.2 Å². The third-order valence-corrected chi connectivity index (χ3v) is 12.0. The lowest BCUT2D eigenvalue weighted by Gasteiger charge is -2.52. The molecule has 15 heteroatoms. The van der Waals surface area contributed by atoms with Crippen LogP contribution in [0.2, 0.25) is 0 Å². The van der Waals surface area contributed by atoms with Crippen molar-refractivity contribution in [1.82, 2.24) is 4.31 Å². The largest absolute Gasteiger partial charge is 0.490 e. The average molecular weight is 720 g/mol. The number of hydrogen-bond donors (Lipinski definition) is 6. The number of thiophene rings is 1. The first-order chi connectivity index (χ1) is 23.3. The topological polar surface area (TPSA) is 181 Å². The zero-order valence-corrected chi connectivity index (χ0v) is 29.6. The molecule has 1 aliphatic heterocycles. The molecule has 1 aromatic heterocycles. The monoisotopic (exact) mass is 719 g/mol. The van der Waals surface area contributed by atoms with E-state index in [1.165, 1.54) is 31.2 Å². The number of hydrogen-bond acceptors (Lipinski definition) is 12. The zero-order valence-electron chi connectivity index (χ0n) is 28.0. The molecule has 1 saturated carbocycles. The molecular formula is C34H45N3O10S2. The Morgan fingerprint density at radius 3 is 2.41 bits per heavy atom. The summed E-state index contributed by atoms with van der Waals surface area (Å²) in [5.74, 6) is -1.48. The van der Waals surface area contributed by atoms with Crippen LogP contribution in [0.3, 0.4) is 0 Å². The van der Waals surface area contributed by atoms with Crippen molar-refractivity contribution >= 4 is 51.2 Å². The second-order valence-electron chi connectivity index (χ2n) is 12.6. The van der Waals surface area contributed by atoms with Crippen molar-refractivity contribution in [3.05, 3.63) is 53.4 Å². The Hall–Kier alpha value is -3.41. The maximum absolute atomic E-state index is 12.5. The smallest absolute Gasteiger partial charge is 0.411 e. The summed E-state index contributed by atoms with van der Waals surface area (Å²) in [6, 6.07) is 13.4. The number of nitrogens with zero attached hydrogens (tertiary/aromatic N) is 2. The molecule has 0 bridgehead atoms. The van der Waals surface area contributed by atoms with Gasteiger partial charge in [-0.15, -0.1) is 22.1 Å². The molecule has 2 aliphatic rings. The molecule has 1 fully saturated rings. The average Bonchev–Trinajstić information content (AvgIpc) is 3.49. The number of carboxylic acids is 1. The van der Waals surface area contributed by atoms with Crippen LogP contribution in [0.15, 0.2) is 53.4 Å². The van der Waals surface area contributed by atoms with E-state index in [-0.39, 0.29) is 52.6 Å². The van der Waals surface area contributed by atoms with E-state index in [4.69, 9.17) is 14.2 Å². The fourth-order valence-electron chi connectivity index (χ4n) is 6.37. The normalized spacial score (nSPS) is 21.9. The van der Waals surface area contributed by atoms with Gasteiger partial charge in [-0.05, 0) is 43.0 Å². The first-order valence-electron chi connectivity index (χ1n) is 16.2. The fourth-order valence-corrected chi connectivity index (χ4v) is 9.00. The number of ether oxygens (including phenoxy) is 3. The van der Waals surface area contributed by atoms with Gasteiger partial charge in [0.05, 0.1) is 29.5 Å². The number of anilines is 3. The van der Waals surface area contributed by atoms with Gasteiger partial charge in [0.25, 0.3) is 0 Å². The summed E-state index contributed by atoms with van der Waals surface area (Å²) in [7, 11) is -1.10. The third-order valence-electron chi connectivity index (χ3n) is 8.89. The first kappa shape index (κ1) is 36.9. The lowest BCUT2D eigenvalue weighted by Crippen LogP contribution is -2.63. The van der Waals surface area contributed by atoms with Crippen molar-refractivity contribution in [2.45, 2.75) is 62.8 Å². The molecule has 0 saturated heterocycles. The SMILES string of the molecule is COCCOc1cc2c(cc1-c1cc(NC(=O)OCC(C)C)c(C(=O)O)s1)S(O)(O)N(C)C(O)(C1CCCCC1)C(O)N2c1ccccc1. The van der Waals surface area contributed by atoms with Crippen LogP contribution in [-0.4, -0.2) is 86.7 Å². The van der Waals surface area contributed by atoms with Crippen LogP contribution in [0.5, 0.6) is 5.75 Å². The number of carbonyl (C=O) groups excluding carboxylic acids is 1. The molecule has 2 heterocycles. The number of methoxy groups -OCH3 is 1. The molecule has 2 aromatic carbocycles. The van der Waals surface area contributed by atoms with Crippen molar-refractivity contribution in [3.63, 3.8) is 0 Å². The van der Waals surface area contributed by atoms with Crippen LogP contribution in [0.4, 0.5) is 21.9 Å². The molecule has 13 nitrogen and oxygen atoms in total. The Bertz CT molecular complexity index is 1630. The summed E-state index contributed by atoms with van der Waals surface area (Å²) in [6.07, 6.45) is 1.31. The first-order valence-corrected chi connectivity index (χ1v) is 18.5. The number of benzene rings is 2. The van der Waals surface area contributed by atoms with Crippen molar-refractivity contribution in [2.75, 3.05) is 44.2 Å². The summed E-state index contributed by atoms with van der Waals surface area (Å²) < 4.78 is 41.9. The summed E-state index contributed by atoms with van der Waals surface area (Å²) in [4.78, 5) is 26.5. The van der Waals surface area contributed by atoms with Crippen LogP contribution in [0.25, 0.3) is 10.4 Å². The Morgan fingerprint density at radius 2 is 1.78 bits per heavy atom. The van der Waals surface area contributed by atoms with E-state index in [1.54, 1.807) is 30.3 Å². The van der Waals surface area contributed by atoms with E-state index in [9.17, 15) is 34.0 Å². The number of aliphatic hydroxyl groups excluding tert-OH is 1. The summed E-state index contributed by atoms with van der Waals surface area (Å²) in [5.41, 5.74) is -1.12. The molecule has 6 N–H and O–H groups in total. The number of likely N-dealkylation sites (N-methyl/N-ethyl adjacent to an activating group) is 1. The zero-order chi connectivity index (χ0) is 35.5. The van der Waals surface area contributed by atoms with Gasteiger partial charge in [0, 0.05) is 42.3 Å². The van der Waals surface area contributed by atoms with Gasteiger partial charge in [0.2, 0.25) is 0 Å². The van der Waals surface area contributed by atoms with Gasteiger partial charge in [-0.25, -0.2) is 9.59 Å². The Kier molecular flexibility index (Phi) is 11.5. The van der Waals surface area contributed by atoms with Crippen molar-refractivity contribution < 1.29 is 48.2 Å². The van der Waals surface area contributed by atoms with Gasteiger partial charge in [0.1, 0.15) is 17.2 Å². The minimum absolute atomic E-state index is 0.00391. The van der Waals surface area contributed by atoms with Crippen LogP contribution in [0, 0.1) is 11.8 Å². The van der Waals surface area contributed by atoms with Crippen molar-refractivity contribution in [2.24, 2.45) is 11.8 Å². The van der Waals surface area contributed by atoms with Gasteiger partial charge in [-0.3, -0.25) is 14.4 Å². The van der Waals surface area contributed by atoms with Crippen LogP contribution < -0.4 is 15.0 Å². The number of carboxylic acid groups (broad SMARTS) is 1. The predicted octanol–water partition coefficient (Wildman–Crippen LogP) is 7.04. The number of fused-ring (bicyclic) bond motifs is 1. The lowest BCUT2D eigenvalue weighted by molar-refractivity contribution is -0.180. The highest BCUT2D eigenvalue weighted by atomic mass is 32.3. The molecule has 0 spiro atoms. The van der Waals surface area contributed by atoms with Crippen LogP contribution >= 0.6 is 22.1 Å².